The van der Waals surface area contributed by atoms with Crippen molar-refractivity contribution in [2.24, 2.45) is 5.41 Å². The van der Waals surface area contributed by atoms with E-state index in [-0.39, 0.29) is 12.5 Å². The molecule has 1 aliphatic carbocycles. The fourth-order valence-corrected chi connectivity index (χ4v) is 5.83. The molecule has 7 nitrogen and oxygen atoms in total. The number of fused-ring (bicyclic) bond motifs is 3. The lowest BCUT2D eigenvalue weighted by Gasteiger charge is -2.44. The molecule has 0 saturated heterocycles. The third-order valence-corrected chi connectivity index (χ3v) is 6.66. The first-order chi connectivity index (χ1) is 17.3. The number of benzene rings is 2. The van der Waals surface area contributed by atoms with Gasteiger partial charge in [0, 0.05) is 12.3 Å². The van der Waals surface area contributed by atoms with Crippen LogP contribution in [0.25, 0.3) is 11.1 Å². The predicted molar refractivity (Wildman–Crippen MR) is 146 cm³/mol. The van der Waals surface area contributed by atoms with Crippen LogP contribution in [-0.2, 0) is 9.53 Å². The average Bonchev–Trinajstić information content (AvgIpc) is 3.11. The zero-order chi connectivity index (χ0) is 27.4. The van der Waals surface area contributed by atoms with Gasteiger partial charge in [-0.2, -0.15) is 0 Å². The molecule has 0 saturated carbocycles. The molecule has 1 amide bonds. The van der Waals surface area contributed by atoms with Gasteiger partial charge >= 0.3 is 12.1 Å². The highest BCUT2D eigenvalue weighted by molar-refractivity contribution is 5.82. The van der Waals surface area contributed by atoms with Crippen LogP contribution in [0, 0.1) is 17.3 Å². The molecule has 3 rings (SSSR count). The van der Waals surface area contributed by atoms with Crippen LogP contribution in [0.15, 0.2) is 48.5 Å². The number of rotatable bonds is 10. The fraction of sp³-hybridized carbons (Fsp3) is 0.467. The van der Waals surface area contributed by atoms with Gasteiger partial charge in [0.2, 0.25) is 0 Å². The van der Waals surface area contributed by atoms with Crippen molar-refractivity contribution in [1.29, 1.82) is 0 Å². The molecule has 2 N–H and O–H groups in total. The van der Waals surface area contributed by atoms with Crippen molar-refractivity contribution in [1.82, 2.24) is 5.32 Å². The van der Waals surface area contributed by atoms with E-state index in [1.807, 2.05) is 66.6 Å². The molecule has 1 aliphatic rings. The number of carboxylic acid groups (broad SMARTS) is 1. The van der Waals surface area contributed by atoms with E-state index >= 15 is 0 Å². The lowest BCUT2D eigenvalue weighted by Crippen LogP contribution is -2.64. The Bertz CT molecular complexity index is 1140. The van der Waals surface area contributed by atoms with Gasteiger partial charge in [-0.25, -0.2) is 9.59 Å². The number of nitrogens with zero attached hydrogens (tertiary/aromatic N) is 2. The summed E-state index contributed by atoms with van der Waals surface area (Å²) in [7, 11) is 12.1. The van der Waals surface area contributed by atoms with Crippen LogP contribution in [0.3, 0.4) is 0 Å². The van der Waals surface area contributed by atoms with E-state index in [4.69, 9.17) is 4.74 Å². The van der Waals surface area contributed by atoms with Gasteiger partial charge < -0.3 is 24.1 Å². The molecule has 198 valence electrons. The number of alkyl carbamates (subject to hydrolysis) is 1. The number of aliphatic carboxylic acids is 1. The molecule has 0 spiro atoms. The minimum atomic E-state index is -1.17. The molecule has 0 fully saturated rings. The van der Waals surface area contributed by atoms with E-state index in [1.54, 1.807) is 6.92 Å². The van der Waals surface area contributed by atoms with Gasteiger partial charge in [-0.15, -0.1) is 11.8 Å². The van der Waals surface area contributed by atoms with Crippen molar-refractivity contribution in [3.63, 3.8) is 0 Å². The summed E-state index contributed by atoms with van der Waals surface area (Å²) in [6, 6.07) is 15.1. The summed E-state index contributed by atoms with van der Waals surface area (Å²) >= 11 is 0. The molecule has 0 unspecified atom stereocenters. The Morgan fingerprint density at radius 3 is 1.86 bits per heavy atom. The van der Waals surface area contributed by atoms with E-state index in [0.717, 1.165) is 22.3 Å². The Labute approximate surface area is 221 Å². The van der Waals surface area contributed by atoms with E-state index < -0.39 is 23.5 Å². The first-order valence-corrected chi connectivity index (χ1v) is 12.6. The molecule has 0 heterocycles. The van der Waals surface area contributed by atoms with Crippen molar-refractivity contribution in [2.75, 3.05) is 62.0 Å². The smallest absolute Gasteiger partial charge is 0.407 e. The van der Waals surface area contributed by atoms with Crippen molar-refractivity contribution in [3.05, 3.63) is 59.7 Å². The van der Waals surface area contributed by atoms with Crippen LogP contribution >= 0.6 is 0 Å². The van der Waals surface area contributed by atoms with Crippen LogP contribution in [0.5, 0.6) is 0 Å². The van der Waals surface area contributed by atoms with Crippen molar-refractivity contribution < 1.29 is 28.4 Å². The van der Waals surface area contributed by atoms with Crippen LogP contribution in [-0.4, -0.2) is 94.2 Å². The third-order valence-electron chi connectivity index (χ3n) is 6.66. The van der Waals surface area contributed by atoms with Gasteiger partial charge in [0.05, 0.1) is 55.4 Å². The minimum Gasteiger partial charge on any atom is -0.480 e. The zero-order valence-corrected chi connectivity index (χ0v) is 23.2. The number of nitrogens with one attached hydrogen (secondary N) is 1. The summed E-state index contributed by atoms with van der Waals surface area (Å²) in [4.78, 5) is 25.8. The molecule has 7 heteroatoms. The Hall–Kier alpha value is -3.34. The number of carbonyl (C=O) groups excluding carboxylic acids is 1. The first-order valence-electron chi connectivity index (χ1n) is 12.6. The Balaban J connectivity index is 1.87. The number of quaternary nitrogens is 2. The molecule has 0 bridgehead atoms. The number of hydrogen-bond acceptors (Lipinski definition) is 3. The van der Waals surface area contributed by atoms with Gasteiger partial charge in [0.25, 0.3) is 0 Å². The zero-order valence-electron chi connectivity index (χ0n) is 23.2. The predicted octanol–water partition coefficient (Wildman–Crippen LogP) is 3.79. The van der Waals surface area contributed by atoms with E-state index in [2.05, 4.69) is 41.4 Å². The summed E-state index contributed by atoms with van der Waals surface area (Å²) < 4.78 is 6.78. The van der Waals surface area contributed by atoms with Crippen molar-refractivity contribution in [2.45, 2.75) is 25.3 Å². The number of carbonyl (C=O) groups is 2. The molecular formula is C30H41N3O4+2. The van der Waals surface area contributed by atoms with Crippen LogP contribution in [0.1, 0.15) is 30.4 Å². The Kier molecular flexibility index (Phi) is 8.36. The Morgan fingerprint density at radius 2 is 1.43 bits per heavy atom. The van der Waals surface area contributed by atoms with Gasteiger partial charge in [0.1, 0.15) is 18.1 Å². The molecule has 0 aliphatic heterocycles. The maximum atomic E-state index is 13.1. The summed E-state index contributed by atoms with van der Waals surface area (Å²) in [6.07, 6.45) is -0.388. The molecule has 2 aromatic carbocycles. The van der Waals surface area contributed by atoms with Gasteiger partial charge in [-0.3, -0.25) is 0 Å². The highest BCUT2D eigenvalue weighted by Gasteiger charge is 2.51. The summed E-state index contributed by atoms with van der Waals surface area (Å²) in [6.45, 7) is 2.89. The van der Waals surface area contributed by atoms with Crippen LogP contribution < -0.4 is 5.32 Å². The molecule has 0 radical (unpaired) electrons. The highest BCUT2D eigenvalue weighted by atomic mass is 16.5. The summed E-state index contributed by atoms with van der Waals surface area (Å²) in [5.41, 5.74) is 3.66. The Morgan fingerprint density at radius 1 is 0.946 bits per heavy atom. The van der Waals surface area contributed by atoms with Gasteiger partial charge in [-0.05, 0) is 29.2 Å². The number of amides is 1. The normalized spacial score (nSPS) is 14.1. The van der Waals surface area contributed by atoms with E-state index in [0.29, 0.717) is 28.5 Å². The number of carboxylic acids is 1. The third kappa shape index (κ3) is 6.91. The lowest BCUT2D eigenvalue weighted by molar-refractivity contribution is -0.902. The van der Waals surface area contributed by atoms with E-state index in [1.165, 1.54) is 0 Å². The van der Waals surface area contributed by atoms with E-state index in [9.17, 15) is 14.7 Å². The topological polar surface area (TPSA) is 75.6 Å². The second-order valence-electron chi connectivity index (χ2n) is 12.1. The monoisotopic (exact) mass is 507 g/mol. The van der Waals surface area contributed by atoms with Crippen LogP contribution in [0.4, 0.5) is 4.79 Å². The quantitative estimate of drug-likeness (QED) is 0.379. The number of hydrogen-bond donors (Lipinski definition) is 2. The largest absolute Gasteiger partial charge is 0.480 e. The SMILES string of the molecule is CC#CCC(C[N+](C)(C)C)(C[N+](C)(C)C)[C@H](NC(=O)OCC1c2ccccc2-c2ccccc21)C(=O)O. The second-order valence-corrected chi connectivity index (χ2v) is 12.1. The minimum absolute atomic E-state index is 0.102. The lowest BCUT2D eigenvalue weighted by atomic mass is 9.75. The summed E-state index contributed by atoms with van der Waals surface area (Å²) in [5, 5.41) is 13.1. The number of ether oxygens (including phenoxy) is 1. The molecule has 37 heavy (non-hydrogen) atoms. The van der Waals surface area contributed by atoms with Crippen molar-refractivity contribution >= 4 is 12.1 Å². The van der Waals surface area contributed by atoms with Gasteiger partial charge in [0.15, 0.2) is 0 Å². The average molecular weight is 508 g/mol. The summed E-state index contributed by atoms with van der Waals surface area (Å²) in [5.74, 6) is 4.85. The maximum absolute atomic E-state index is 13.1. The molecule has 0 aromatic heterocycles. The maximum Gasteiger partial charge on any atom is 0.407 e. The second kappa shape index (κ2) is 11.0. The molecular weight excluding hydrogens is 466 g/mol. The molecule has 2 aromatic rings. The van der Waals surface area contributed by atoms with Gasteiger partial charge in [-0.1, -0.05) is 48.5 Å². The van der Waals surface area contributed by atoms with Crippen LogP contribution in [0.2, 0.25) is 0 Å². The van der Waals surface area contributed by atoms with Crippen molar-refractivity contribution in [3.8, 4) is 23.0 Å². The molecule has 1 atom stereocenters. The first kappa shape index (κ1) is 28.2. The highest BCUT2D eigenvalue weighted by Crippen LogP contribution is 2.44. The fourth-order valence-electron chi connectivity index (χ4n) is 5.83. The standard InChI is InChI=1S/C30H39N3O4/c1-8-9-18-30(20-32(2,3)4,21-33(5,6)7)27(28(34)35)31-29(36)37-19-26-24-16-12-10-14-22(24)23-15-11-13-17-25(23)26/h10-17,26-27H,18-21H2,1-7H3/p+2/t27-/m1/s1.